The van der Waals surface area contributed by atoms with E-state index in [4.69, 9.17) is 23.7 Å². The summed E-state index contributed by atoms with van der Waals surface area (Å²) in [6, 6.07) is 0. The zero-order valence-electron chi connectivity index (χ0n) is 39.5. The lowest BCUT2D eigenvalue weighted by molar-refractivity contribution is -0.677. The monoisotopic (exact) mass is 832 g/mol. The number of carbonyl (C=O) groups excluding carboxylic acids is 5. The van der Waals surface area contributed by atoms with Gasteiger partial charge in [-0.25, -0.2) is 9.13 Å². The summed E-state index contributed by atoms with van der Waals surface area (Å²) in [5.74, 6) is 0.314. The van der Waals surface area contributed by atoms with Gasteiger partial charge in [0, 0.05) is 20.5 Å². The van der Waals surface area contributed by atoms with Gasteiger partial charge in [0.25, 0.3) is 5.82 Å². The summed E-state index contributed by atoms with van der Waals surface area (Å²) in [6.07, 6.45) is 8.77. The number of imidazole rings is 1. The van der Waals surface area contributed by atoms with Gasteiger partial charge < -0.3 is 28.4 Å². The molecule has 0 unspecified atom stereocenters. The third kappa shape index (κ3) is 24.4. The van der Waals surface area contributed by atoms with E-state index in [2.05, 4.69) is 20.8 Å². The van der Waals surface area contributed by atoms with E-state index < -0.39 is 10.8 Å². The van der Waals surface area contributed by atoms with E-state index in [-0.39, 0.29) is 66.7 Å². The van der Waals surface area contributed by atoms with Crippen molar-refractivity contribution in [3.8, 4) is 0 Å². The summed E-state index contributed by atoms with van der Waals surface area (Å²) < 4.78 is 34.0. The van der Waals surface area contributed by atoms with Gasteiger partial charge in [0.15, 0.2) is 0 Å². The van der Waals surface area contributed by atoms with Crippen molar-refractivity contribution in [1.82, 2.24) is 4.57 Å². The second-order valence-electron chi connectivity index (χ2n) is 17.2. The molecule has 1 heterocycles. The van der Waals surface area contributed by atoms with Crippen molar-refractivity contribution in [2.24, 2.45) is 34.1 Å². The molecule has 0 saturated heterocycles. The number of esters is 5. The highest BCUT2D eigenvalue weighted by Gasteiger charge is 2.30. The summed E-state index contributed by atoms with van der Waals surface area (Å²) in [7, 11) is 5.02. The Hall–Kier alpha value is -3.48. The Bertz CT molecular complexity index is 1300. The Labute approximate surface area is 353 Å². The molecule has 0 aliphatic heterocycles. The number of aromatic nitrogens is 2. The molecular formula is C45H87N2O11+. The van der Waals surface area contributed by atoms with Crippen LogP contribution in [0.2, 0.25) is 0 Å². The Morgan fingerprint density at radius 1 is 0.534 bits per heavy atom. The van der Waals surface area contributed by atoms with Crippen LogP contribution in [0.3, 0.4) is 0 Å². The number of rotatable bonds is 20. The molecule has 1 aromatic rings. The van der Waals surface area contributed by atoms with Gasteiger partial charge in [-0.1, -0.05) is 42.0 Å². The molecule has 1 aromatic heterocycles. The smallest absolute Gasteiger partial charge is 0.311 e. The second-order valence-corrected chi connectivity index (χ2v) is 17.2. The van der Waals surface area contributed by atoms with Crippen molar-refractivity contribution >= 4 is 29.8 Å². The van der Waals surface area contributed by atoms with Crippen molar-refractivity contribution in [2.75, 3.05) is 47.3 Å². The van der Waals surface area contributed by atoms with E-state index in [1.807, 2.05) is 123 Å². The first-order chi connectivity index (χ1) is 26.1. The van der Waals surface area contributed by atoms with Crippen LogP contribution in [0, 0.1) is 34.0 Å². The summed E-state index contributed by atoms with van der Waals surface area (Å²) in [5.41, 5.74) is -2.00. The molecule has 13 nitrogen and oxygen atoms in total. The summed E-state index contributed by atoms with van der Waals surface area (Å²) in [5, 5.41) is 0. The van der Waals surface area contributed by atoms with Crippen molar-refractivity contribution in [3.63, 3.8) is 0 Å². The standard InChI is InChI=1S/C14H25N2O2.C14H26O4.C9H18O3.C7H14O2.CH4/c1-6-14(3,4)13(17)18-11-7-8-16-10-9-15(5)12(16)2;1-7-13(3,4)11(15)17-9-10-18-12(16)14(5,6)8-2;1-5-9(2,3)8(10)12-7-6-11-4;1-5-7(2,3)6(8)9-4;/h9-10H,6-8,11H2,1-5H3;7-10H2,1-6H3;5-7H2,1-4H3;5H2,1-4H3;1H4/q+1;;;;. The van der Waals surface area contributed by atoms with Crippen LogP contribution in [0.5, 0.6) is 0 Å². The number of hydrogen-bond acceptors (Lipinski definition) is 11. The third-order valence-electron chi connectivity index (χ3n) is 10.6. The summed E-state index contributed by atoms with van der Waals surface area (Å²) >= 11 is 0. The number of carbonyl (C=O) groups is 5. The van der Waals surface area contributed by atoms with E-state index in [0.29, 0.717) is 32.7 Å². The Morgan fingerprint density at radius 2 is 0.828 bits per heavy atom. The summed E-state index contributed by atoms with van der Waals surface area (Å²) in [4.78, 5) is 57.1. The van der Waals surface area contributed by atoms with Crippen molar-refractivity contribution < 1.29 is 57.0 Å². The zero-order valence-corrected chi connectivity index (χ0v) is 39.5. The van der Waals surface area contributed by atoms with E-state index in [1.54, 1.807) is 7.11 Å². The molecule has 0 fully saturated rings. The predicted octanol–water partition coefficient (Wildman–Crippen LogP) is 8.78. The van der Waals surface area contributed by atoms with Crippen LogP contribution in [0.1, 0.15) is 156 Å². The Balaban J connectivity index is -0.000000345. The van der Waals surface area contributed by atoms with Crippen LogP contribution in [0.25, 0.3) is 0 Å². The van der Waals surface area contributed by atoms with Crippen LogP contribution in [-0.4, -0.2) is 81.7 Å². The largest absolute Gasteiger partial charge is 0.469 e. The maximum atomic E-state index is 11.7. The first-order valence-electron chi connectivity index (χ1n) is 20.4. The SMILES string of the molecule is C.CCC(C)(C)C(=O)OC.CCC(C)(C)C(=O)OCCCn1cc[n+](C)c1C.CCC(C)(C)C(=O)OCCOC.CCC(C)(C)C(=O)OCCOC(=O)C(C)(C)CC. The molecule has 0 spiro atoms. The van der Waals surface area contributed by atoms with E-state index in [9.17, 15) is 24.0 Å². The van der Waals surface area contributed by atoms with E-state index in [0.717, 1.165) is 32.2 Å². The van der Waals surface area contributed by atoms with E-state index >= 15 is 0 Å². The van der Waals surface area contributed by atoms with Gasteiger partial charge in [-0.2, -0.15) is 0 Å². The number of nitrogens with zero attached hydrogens (tertiary/aromatic N) is 2. The lowest BCUT2D eigenvalue weighted by Crippen LogP contribution is -2.30. The molecule has 1 rings (SSSR count). The number of ether oxygens (including phenoxy) is 6. The van der Waals surface area contributed by atoms with Crippen LogP contribution < -0.4 is 4.57 Å². The minimum atomic E-state index is -0.479. The van der Waals surface area contributed by atoms with Crippen molar-refractivity contribution in [3.05, 3.63) is 18.2 Å². The van der Waals surface area contributed by atoms with E-state index in [1.165, 1.54) is 12.9 Å². The Morgan fingerprint density at radius 3 is 1.07 bits per heavy atom. The average molecular weight is 832 g/mol. The third-order valence-corrected chi connectivity index (χ3v) is 10.6. The topological polar surface area (TPSA) is 150 Å². The normalized spacial score (nSPS) is 11.4. The molecule has 13 heteroatoms. The number of hydrogen-bond donors (Lipinski definition) is 0. The fraction of sp³-hybridized carbons (Fsp3) is 0.822. The van der Waals surface area contributed by atoms with Gasteiger partial charge in [-0.3, -0.25) is 24.0 Å². The van der Waals surface area contributed by atoms with Gasteiger partial charge in [-0.15, -0.1) is 0 Å². The highest BCUT2D eigenvalue weighted by molar-refractivity contribution is 5.77. The molecule has 0 radical (unpaired) electrons. The second kappa shape index (κ2) is 29.7. The average Bonchev–Trinajstić information content (AvgIpc) is 3.50. The van der Waals surface area contributed by atoms with Crippen LogP contribution in [-0.2, 0) is 66.0 Å². The first-order valence-corrected chi connectivity index (χ1v) is 20.4. The quantitative estimate of drug-likeness (QED) is 0.0537. The van der Waals surface area contributed by atoms with Crippen molar-refractivity contribution in [1.29, 1.82) is 0 Å². The maximum Gasteiger partial charge on any atom is 0.311 e. The molecule has 58 heavy (non-hydrogen) atoms. The molecular weight excluding hydrogens is 744 g/mol. The number of aryl methyl sites for hydroxylation is 2. The maximum absolute atomic E-state index is 11.7. The fourth-order valence-electron chi connectivity index (χ4n) is 3.50. The van der Waals surface area contributed by atoms with Gasteiger partial charge in [0.2, 0.25) is 0 Å². The van der Waals surface area contributed by atoms with Crippen molar-refractivity contribution in [2.45, 2.75) is 163 Å². The molecule has 0 atom stereocenters. The predicted molar refractivity (Wildman–Crippen MR) is 230 cm³/mol. The Kier molecular flexibility index (Phi) is 31.3. The lowest BCUT2D eigenvalue weighted by Gasteiger charge is -2.22. The molecule has 0 N–H and O–H groups in total. The highest BCUT2D eigenvalue weighted by Crippen LogP contribution is 2.24. The molecule has 0 aliphatic carbocycles. The van der Waals surface area contributed by atoms with Gasteiger partial charge in [0.1, 0.15) is 32.2 Å². The van der Waals surface area contributed by atoms with Gasteiger partial charge in [0.05, 0.1) is 61.0 Å². The molecule has 0 amide bonds. The minimum Gasteiger partial charge on any atom is -0.469 e. The van der Waals surface area contributed by atoms with Crippen LogP contribution in [0.4, 0.5) is 0 Å². The van der Waals surface area contributed by atoms with Gasteiger partial charge >= 0.3 is 29.8 Å². The van der Waals surface area contributed by atoms with Gasteiger partial charge in [-0.05, 0) is 101 Å². The number of methoxy groups -OCH3 is 2. The molecule has 0 saturated carbocycles. The van der Waals surface area contributed by atoms with Crippen LogP contribution >= 0.6 is 0 Å². The zero-order chi connectivity index (χ0) is 45.3. The fourth-order valence-corrected chi connectivity index (χ4v) is 3.50. The van der Waals surface area contributed by atoms with Crippen LogP contribution in [0.15, 0.2) is 12.4 Å². The molecule has 342 valence electrons. The molecule has 0 bridgehead atoms. The highest BCUT2D eigenvalue weighted by atomic mass is 16.6. The first kappa shape index (κ1) is 61.2. The molecule has 0 aliphatic rings. The minimum absolute atomic E-state index is 0. The summed E-state index contributed by atoms with van der Waals surface area (Å²) in [6.45, 7) is 33.0. The lowest BCUT2D eigenvalue weighted by atomic mass is 9.90. The molecule has 0 aromatic carbocycles.